The van der Waals surface area contributed by atoms with Gasteiger partial charge in [-0.05, 0) is 17.8 Å². The molecule has 0 aliphatic carbocycles. The Labute approximate surface area is 95.1 Å². The Bertz CT molecular complexity index is 461. The minimum Gasteiger partial charge on any atom is -0.368 e. The summed E-state index contributed by atoms with van der Waals surface area (Å²) in [6, 6.07) is 1.75. The van der Waals surface area contributed by atoms with E-state index >= 15 is 0 Å². The molecule has 2 rings (SSSR count). The number of anilines is 1. The van der Waals surface area contributed by atoms with Gasteiger partial charge < -0.3 is 5.73 Å². The van der Waals surface area contributed by atoms with Crippen molar-refractivity contribution < 1.29 is 0 Å². The monoisotopic (exact) mass is 239 g/mol. The van der Waals surface area contributed by atoms with Gasteiger partial charge in [-0.3, -0.25) is 0 Å². The number of nitrogens with two attached hydrogens (primary N) is 1. The smallest absolute Gasteiger partial charge is 0.221 e. The SMILES string of the molecule is Nc1nccc(Sc2cnc(Cl)cn2)n1. The van der Waals surface area contributed by atoms with E-state index in [2.05, 4.69) is 19.9 Å². The van der Waals surface area contributed by atoms with Crippen LogP contribution in [0.25, 0.3) is 0 Å². The molecule has 5 nitrogen and oxygen atoms in total. The Balaban J connectivity index is 2.18. The zero-order chi connectivity index (χ0) is 10.7. The fourth-order valence-corrected chi connectivity index (χ4v) is 1.66. The number of nitrogens with zero attached hydrogens (tertiary/aromatic N) is 4. The zero-order valence-electron chi connectivity index (χ0n) is 7.46. The Morgan fingerprint density at radius 2 is 2.00 bits per heavy atom. The molecule has 0 spiro atoms. The molecular formula is C8H6ClN5S. The summed E-state index contributed by atoms with van der Waals surface area (Å²) in [6.45, 7) is 0. The van der Waals surface area contributed by atoms with Gasteiger partial charge in [0.25, 0.3) is 0 Å². The van der Waals surface area contributed by atoms with Crippen LogP contribution in [0.4, 0.5) is 5.95 Å². The Morgan fingerprint density at radius 3 is 2.67 bits per heavy atom. The normalized spacial score (nSPS) is 10.2. The van der Waals surface area contributed by atoms with Crippen LogP contribution in [-0.4, -0.2) is 19.9 Å². The van der Waals surface area contributed by atoms with Gasteiger partial charge in [-0.25, -0.2) is 19.9 Å². The van der Waals surface area contributed by atoms with Crippen molar-refractivity contribution in [1.82, 2.24) is 19.9 Å². The van der Waals surface area contributed by atoms with Gasteiger partial charge in [0.2, 0.25) is 5.95 Å². The summed E-state index contributed by atoms with van der Waals surface area (Å²) in [6.07, 6.45) is 4.65. The highest BCUT2D eigenvalue weighted by Crippen LogP contribution is 2.23. The highest BCUT2D eigenvalue weighted by molar-refractivity contribution is 7.99. The van der Waals surface area contributed by atoms with E-state index in [0.717, 1.165) is 5.03 Å². The van der Waals surface area contributed by atoms with E-state index in [-0.39, 0.29) is 5.95 Å². The van der Waals surface area contributed by atoms with Gasteiger partial charge in [0.15, 0.2) is 0 Å². The first kappa shape index (κ1) is 10.1. The molecule has 2 aromatic rings. The Morgan fingerprint density at radius 1 is 1.13 bits per heavy atom. The van der Waals surface area contributed by atoms with Gasteiger partial charge in [-0.2, -0.15) is 0 Å². The van der Waals surface area contributed by atoms with Crippen LogP contribution in [0.15, 0.2) is 34.7 Å². The molecule has 0 amide bonds. The van der Waals surface area contributed by atoms with Crippen molar-refractivity contribution in [3.05, 3.63) is 29.8 Å². The summed E-state index contributed by atoms with van der Waals surface area (Å²) in [4.78, 5) is 15.8. The summed E-state index contributed by atoms with van der Waals surface area (Å²) in [5, 5.41) is 1.79. The molecule has 0 fully saturated rings. The third kappa shape index (κ3) is 2.77. The Hall–Kier alpha value is -1.40. The second-order valence-electron chi connectivity index (χ2n) is 2.53. The van der Waals surface area contributed by atoms with Gasteiger partial charge in [0.05, 0.1) is 12.4 Å². The quantitative estimate of drug-likeness (QED) is 0.803. The molecule has 0 aliphatic rings. The molecule has 0 radical (unpaired) electrons. The predicted molar refractivity (Wildman–Crippen MR) is 57.6 cm³/mol. The van der Waals surface area contributed by atoms with E-state index in [9.17, 15) is 0 Å². The minimum absolute atomic E-state index is 0.238. The van der Waals surface area contributed by atoms with Crippen LogP contribution >= 0.6 is 23.4 Å². The van der Waals surface area contributed by atoms with E-state index in [1.807, 2.05) is 0 Å². The first-order valence-electron chi connectivity index (χ1n) is 3.98. The lowest BCUT2D eigenvalue weighted by Crippen LogP contribution is -1.94. The molecule has 2 N–H and O–H groups in total. The summed E-state index contributed by atoms with van der Waals surface area (Å²) in [5.74, 6) is 0.238. The van der Waals surface area contributed by atoms with E-state index in [1.165, 1.54) is 18.0 Å². The van der Waals surface area contributed by atoms with E-state index < -0.39 is 0 Å². The second kappa shape index (κ2) is 4.41. The maximum Gasteiger partial charge on any atom is 0.221 e. The molecule has 7 heteroatoms. The molecule has 2 heterocycles. The second-order valence-corrected chi connectivity index (χ2v) is 3.96. The number of hydrogen-bond donors (Lipinski definition) is 1. The van der Waals surface area contributed by atoms with E-state index in [0.29, 0.717) is 10.2 Å². The average molecular weight is 240 g/mol. The standard InChI is InChI=1S/C8H6ClN5S/c9-5-3-13-7(4-12-5)15-6-1-2-11-8(10)14-6/h1-4H,(H2,10,11,14). The number of rotatable bonds is 2. The van der Waals surface area contributed by atoms with Crippen molar-refractivity contribution in [2.75, 3.05) is 5.73 Å². The zero-order valence-corrected chi connectivity index (χ0v) is 9.03. The van der Waals surface area contributed by atoms with Crippen LogP contribution in [0, 0.1) is 0 Å². The molecule has 0 aliphatic heterocycles. The molecule has 0 bridgehead atoms. The van der Waals surface area contributed by atoms with Crippen LogP contribution in [0.3, 0.4) is 0 Å². The number of halogens is 1. The molecule has 0 atom stereocenters. The van der Waals surface area contributed by atoms with Crippen molar-refractivity contribution >= 4 is 29.3 Å². The van der Waals surface area contributed by atoms with Gasteiger partial charge in [0.1, 0.15) is 15.2 Å². The molecule has 0 aromatic carbocycles. The lowest BCUT2D eigenvalue weighted by molar-refractivity contribution is 1.03. The number of hydrogen-bond acceptors (Lipinski definition) is 6. The summed E-state index contributed by atoms with van der Waals surface area (Å²) in [5.41, 5.74) is 5.44. The minimum atomic E-state index is 0.238. The third-order valence-electron chi connectivity index (χ3n) is 1.45. The van der Waals surface area contributed by atoms with Gasteiger partial charge in [0, 0.05) is 6.20 Å². The molecular weight excluding hydrogens is 234 g/mol. The summed E-state index contributed by atoms with van der Waals surface area (Å²) >= 11 is 6.96. The van der Waals surface area contributed by atoms with Crippen molar-refractivity contribution in [2.24, 2.45) is 0 Å². The fourth-order valence-electron chi connectivity index (χ4n) is 0.874. The van der Waals surface area contributed by atoms with Gasteiger partial charge in [-0.1, -0.05) is 11.6 Å². The van der Waals surface area contributed by atoms with Crippen molar-refractivity contribution in [1.29, 1.82) is 0 Å². The van der Waals surface area contributed by atoms with Crippen LogP contribution in [0.2, 0.25) is 5.15 Å². The molecule has 0 saturated heterocycles. The van der Waals surface area contributed by atoms with Crippen LogP contribution in [0.1, 0.15) is 0 Å². The van der Waals surface area contributed by atoms with E-state index in [4.69, 9.17) is 17.3 Å². The third-order valence-corrected chi connectivity index (χ3v) is 2.51. The van der Waals surface area contributed by atoms with Crippen LogP contribution in [0.5, 0.6) is 0 Å². The van der Waals surface area contributed by atoms with Gasteiger partial charge >= 0.3 is 0 Å². The predicted octanol–water partition coefficient (Wildman–Crippen LogP) is 1.65. The summed E-state index contributed by atoms with van der Waals surface area (Å²) in [7, 11) is 0. The maximum atomic E-state index is 5.61. The lowest BCUT2D eigenvalue weighted by atomic mass is 10.7. The topological polar surface area (TPSA) is 77.6 Å². The van der Waals surface area contributed by atoms with Crippen molar-refractivity contribution in [3.8, 4) is 0 Å². The molecule has 15 heavy (non-hydrogen) atoms. The van der Waals surface area contributed by atoms with E-state index in [1.54, 1.807) is 18.5 Å². The molecule has 0 unspecified atom stereocenters. The Kier molecular flexibility index (Phi) is 2.98. The molecule has 76 valence electrons. The molecule has 2 aromatic heterocycles. The van der Waals surface area contributed by atoms with Crippen LogP contribution < -0.4 is 5.73 Å². The first-order chi connectivity index (χ1) is 7.24. The average Bonchev–Trinajstić information content (AvgIpc) is 2.22. The largest absolute Gasteiger partial charge is 0.368 e. The van der Waals surface area contributed by atoms with Crippen LogP contribution in [-0.2, 0) is 0 Å². The van der Waals surface area contributed by atoms with Crippen molar-refractivity contribution in [2.45, 2.75) is 10.1 Å². The highest BCUT2D eigenvalue weighted by atomic mass is 35.5. The first-order valence-corrected chi connectivity index (χ1v) is 5.17. The number of aromatic nitrogens is 4. The lowest BCUT2D eigenvalue weighted by Gasteiger charge is -1.99. The maximum absolute atomic E-state index is 5.61. The van der Waals surface area contributed by atoms with Gasteiger partial charge in [-0.15, -0.1) is 0 Å². The number of nitrogen functional groups attached to an aromatic ring is 1. The molecule has 0 saturated carbocycles. The van der Waals surface area contributed by atoms with Crippen molar-refractivity contribution in [3.63, 3.8) is 0 Å². The highest BCUT2D eigenvalue weighted by Gasteiger charge is 2.01. The summed E-state index contributed by atoms with van der Waals surface area (Å²) < 4.78 is 0. The fraction of sp³-hybridized carbons (Fsp3) is 0.